The molecule has 2 heteroatoms. The SMILES string of the molecule is COc1ccc(CCC(=O)C(C)C)cc1. The molecule has 0 aliphatic rings. The highest BCUT2D eigenvalue weighted by Gasteiger charge is 2.06. The van der Waals surface area contributed by atoms with E-state index in [1.807, 2.05) is 38.1 Å². The van der Waals surface area contributed by atoms with Crippen molar-refractivity contribution < 1.29 is 9.53 Å². The molecule has 0 fully saturated rings. The molecule has 2 nitrogen and oxygen atoms in total. The monoisotopic (exact) mass is 206 g/mol. The van der Waals surface area contributed by atoms with Crippen LogP contribution >= 0.6 is 0 Å². The van der Waals surface area contributed by atoms with Crippen LogP contribution in [0.1, 0.15) is 25.8 Å². The molecule has 0 spiro atoms. The number of methoxy groups -OCH3 is 1. The topological polar surface area (TPSA) is 26.3 Å². The van der Waals surface area contributed by atoms with Crippen molar-refractivity contribution in [2.24, 2.45) is 5.92 Å². The number of hydrogen-bond donors (Lipinski definition) is 0. The molecule has 0 aliphatic carbocycles. The number of ether oxygens (including phenoxy) is 1. The van der Waals surface area contributed by atoms with Crippen molar-refractivity contribution in [2.75, 3.05) is 7.11 Å². The number of benzene rings is 1. The highest BCUT2D eigenvalue weighted by molar-refractivity contribution is 5.80. The lowest BCUT2D eigenvalue weighted by Gasteiger charge is -2.05. The van der Waals surface area contributed by atoms with Crippen LogP contribution in [0.25, 0.3) is 0 Å². The predicted octanol–water partition coefficient (Wildman–Crippen LogP) is 2.85. The molecule has 0 atom stereocenters. The summed E-state index contributed by atoms with van der Waals surface area (Å²) in [5, 5.41) is 0. The Morgan fingerprint density at radius 1 is 1.27 bits per heavy atom. The van der Waals surface area contributed by atoms with Gasteiger partial charge in [0.25, 0.3) is 0 Å². The van der Waals surface area contributed by atoms with E-state index in [2.05, 4.69) is 0 Å². The first-order chi connectivity index (χ1) is 7.13. The first kappa shape index (κ1) is 11.8. The van der Waals surface area contributed by atoms with Gasteiger partial charge in [-0.1, -0.05) is 26.0 Å². The maximum absolute atomic E-state index is 11.4. The average Bonchev–Trinajstić information content (AvgIpc) is 2.26. The van der Waals surface area contributed by atoms with Crippen LogP contribution in [0.2, 0.25) is 0 Å². The number of carbonyl (C=O) groups is 1. The molecule has 0 unspecified atom stereocenters. The molecule has 0 saturated heterocycles. The van der Waals surface area contributed by atoms with E-state index in [-0.39, 0.29) is 5.92 Å². The summed E-state index contributed by atoms with van der Waals surface area (Å²) in [4.78, 5) is 11.4. The highest BCUT2D eigenvalue weighted by atomic mass is 16.5. The largest absolute Gasteiger partial charge is 0.497 e. The fraction of sp³-hybridized carbons (Fsp3) is 0.462. The lowest BCUT2D eigenvalue weighted by molar-refractivity contribution is -0.121. The average molecular weight is 206 g/mol. The first-order valence-corrected chi connectivity index (χ1v) is 5.29. The summed E-state index contributed by atoms with van der Waals surface area (Å²) in [6.07, 6.45) is 1.45. The molecule has 1 aromatic rings. The second-order valence-electron chi connectivity index (χ2n) is 3.97. The molecule has 82 valence electrons. The number of rotatable bonds is 5. The number of Topliss-reactive ketones (excluding diaryl/α,β-unsaturated/α-hetero) is 1. The van der Waals surface area contributed by atoms with Crippen molar-refractivity contribution in [3.05, 3.63) is 29.8 Å². The standard InChI is InChI=1S/C13H18O2/c1-10(2)13(14)9-6-11-4-7-12(15-3)8-5-11/h4-5,7-8,10H,6,9H2,1-3H3. The minimum absolute atomic E-state index is 0.142. The molecule has 0 bridgehead atoms. The predicted molar refractivity (Wildman–Crippen MR) is 61.2 cm³/mol. The summed E-state index contributed by atoms with van der Waals surface area (Å²) < 4.78 is 5.07. The van der Waals surface area contributed by atoms with Crippen molar-refractivity contribution in [2.45, 2.75) is 26.7 Å². The summed E-state index contributed by atoms with van der Waals surface area (Å²) >= 11 is 0. The molecule has 0 radical (unpaired) electrons. The normalized spacial score (nSPS) is 10.4. The number of ketones is 1. The smallest absolute Gasteiger partial charge is 0.135 e. The van der Waals surface area contributed by atoms with Crippen LogP contribution in [-0.4, -0.2) is 12.9 Å². The van der Waals surface area contributed by atoms with Crippen molar-refractivity contribution >= 4 is 5.78 Å². The zero-order valence-corrected chi connectivity index (χ0v) is 9.62. The maximum Gasteiger partial charge on any atom is 0.135 e. The second kappa shape index (κ2) is 5.54. The molecule has 0 heterocycles. The minimum Gasteiger partial charge on any atom is -0.497 e. The van der Waals surface area contributed by atoms with Crippen molar-refractivity contribution in [1.82, 2.24) is 0 Å². The molecular weight excluding hydrogens is 188 g/mol. The van der Waals surface area contributed by atoms with E-state index in [1.165, 1.54) is 5.56 Å². The molecule has 1 aromatic carbocycles. The van der Waals surface area contributed by atoms with Crippen molar-refractivity contribution in [3.8, 4) is 5.75 Å². The summed E-state index contributed by atoms with van der Waals surface area (Å²) in [5.41, 5.74) is 1.19. The van der Waals surface area contributed by atoms with Gasteiger partial charge in [0.2, 0.25) is 0 Å². The molecule has 0 aliphatic heterocycles. The van der Waals surface area contributed by atoms with Gasteiger partial charge in [0.1, 0.15) is 11.5 Å². The molecule has 1 rings (SSSR count). The molecule has 0 aromatic heterocycles. The van der Waals surface area contributed by atoms with Gasteiger partial charge in [-0.15, -0.1) is 0 Å². The summed E-state index contributed by atoms with van der Waals surface area (Å²) in [6, 6.07) is 7.86. The van der Waals surface area contributed by atoms with Crippen LogP contribution in [0.15, 0.2) is 24.3 Å². The molecule has 0 amide bonds. The van der Waals surface area contributed by atoms with E-state index in [9.17, 15) is 4.79 Å². The van der Waals surface area contributed by atoms with Gasteiger partial charge in [-0.3, -0.25) is 4.79 Å². The van der Waals surface area contributed by atoms with E-state index < -0.39 is 0 Å². The quantitative estimate of drug-likeness (QED) is 0.740. The van der Waals surface area contributed by atoms with Crippen LogP contribution in [0, 0.1) is 5.92 Å². The van der Waals surface area contributed by atoms with E-state index >= 15 is 0 Å². The molecule has 0 saturated carbocycles. The minimum atomic E-state index is 0.142. The third-order valence-corrected chi connectivity index (χ3v) is 2.46. The molecule has 15 heavy (non-hydrogen) atoms. The number of carbonyl (C=O) groups excluding carboxylic acids is 1. The van der Waals surface area contributed by atoms with Gasteiger partial charge in [-0.25, -0.2) is 0 Å². The van der Waals surface area contributed by atoms with Gasteiger partial charge in [0.05, 0.1) is 7.11 Å². The Morgan fingerprint density at radius 3 is 2.33 bits per heavy atom. The maximum atomic E-state index is 11.4. The summed E-state index contributed by atoms with van der Waals surface area (Å²) in [5.74, 6) is 1.32. The van der Waals surface area contributed by atoms with Gasteiger partial charge in [0.15, 0.2) is 0 Å². The lowest BCUT2D eigenvalue weighted by atomic mass is 10.0. The van der Waals surface area contributed by atoms with Crippen LogP contribution in [0.4, 0.5) is 0 Å². The Hall–Kier alpha value is -1.31. The Bertz CT molecular complexity index is 312. The fourth-order valence-corrected chi connectivity index (χ4v) is 1.35. The summed E-state index contributed by atoms with van der Waals surface area (Å²) in [6.45, 7) is 3.88. The number of aryl methyl sites for hydroxylation is 1. The van der Waals surface area contributed by atoms with Crippen LogP contribution in [0.3, 0.4) is 0 Å². The number of hydrogen-bond acceptors (Lipinski definition) is 2. The third-order valence-electron chi connectivity index (χ3n) is 2.46. The highest BCUT2D eigenvalue weighted by Crippen LogP contribution is 2.13. The Labute approximate surface area is 91.3 Å². The van der Waals surface area contributed by atoms with Gasteiger partial charge < -0.3 is 4.74 Å². The van der Waals surface area contributed by atoms with Crippen LogP contribution in [-0.2, 0) is 11.2 Å². The first-order valence-electron chi connectivity index (χ1n) is 5.29. The van der Waals surface area contributed by atoms with E-state index in [0.29, 0.717) is 12.2 Å². The van der Waals surface area contributed by atoms with Gasteiger partial charge in [0, 0.05) is 12.3 Å². The Kier molecular flexibility index (Phi) is 4.35. The lowest BCUT2D eigenvalue weighted by Crippen LogP contribution is -2.07. The summed E-state index contributed by atoms with van der Waals surface area (Å²) in [7, 11) is 1.65. The molecule has 0 N–H and O–H groups in total. The zero-order valence-electron chi connectivity index (χ0n) is 9.62. The third kappa shape index (κ3) is 3.74. The van der Waals surface area contributed by atoms with E-state index in [1.54, 1.807) is 7.11 Å². The van der Waals surface area contributed by atoms with E-state index in [0.717, 1.165) is 12.2 Å². The molecular formula is C13H18O2. The van der Waals surface area contributed by atoms with Gasteiger partial charge >= 0.3 is 0 Å². The second-order valence-corrected chi connectivity index (χ2v) is 3.97. The Morgan fingerprint density at radius 2 is 1.87 bits per heavy atom. The fourth-order valence-electron chi connectivity index (χ4n) is 1.35. The van der Waals surface area contributed by atoms with Gasteiger partial charge in [-0.05, 0) is 24.1 Å². The zero-order chi connectivity index (χ0) is 11.3. The van der Waals surface area contributed by atoms with Crippen LogP contribution in [0.5, 0.6) is 5.75 Å². The Balaban J connectivity index is 2.47. The van der Waals surface area contributed by atoms with Crippen LogP contribution < -0.4 is 4.74 Å². The van der Waals surface area contributed by atoms with E-state index in [4.69, 9.17) is 4.74 Å². The van der Waals surface area contributed by atoms with Crippen molar-refractivity contribution in [1.29, 1.82) is 0 Å². The van der Waals surface area contributed by atoms with Gasteiger partial charge in [-0.2, -0.15) is 0 Å². The van der Waals surface area contributed by atoms with Crippen molar-refractivity contribution in [3.63, 3.8) is 0 Å².